The van der Waals surface area contributed by atoms with Crippen LogP contribution in [0, 0.1) is 5.41 Å². The summed E-state index contributed by atoms with van der Waals surface area (Å²) < 4.78 is 1.16. The van der Waals surface area contributed by atoms with E-state index >= 15 is 0 Å². The number of amides is 1. The van der Waals surface area contributed by atoms with Crippen molar-refractivity contribution in [1.29, 1.82) is 0 Å². The van der Waals surface area contributed by atoms with Gasteiger partial charge >= 0.3 is 0 Å². The summed E-state index contributed by atoms with van der Waals surface area (Å²) in [4.78, 5) is 16.8. The van der Waals surface area contributed by atoms with Crippen molar-refractivity contribution in [2.45, 2.75) is 45.1 Å². The van der Waals surface area contributed by atoms with Gasteiger partial charge in [-0.05, 0) is 36.9 Å². The largest absolute Gasteiger partial charge is 0.350 e. The fraction of sp³-hybridized carbons (Fsp3) is 0.529. The molecule has 0 spiro atoms. The van der Waals surface area contributed by atoms with Crippen LogP contribution in [0.15, 0.2) is 24.3 Å². The summed E-state index contributed by atoms with van der Waals surface area (Å²) in [5, 5.41) is 3.98. The van der Waals surface area contributed by atoms with Crippen molar-refractivity contribution in [3.8, 4) is 0 Å². The summed E-state index contributed by atoms with van der Waals surface area (Å²) >= 11 is 1.64. The Hall–Kier alpha value is -1.46. The Morgan fingerprint density at radius 3 is 2.77 bits per heavy atom. The summed E-state index contributed by atoms with van der Waals surface area (Å²) in [6, 6.07) is 8.06. The molecule has 3 rings (SSSR count). The molecule has 118 valence electrons. The number of benzene rings is 1. The molecule has 1 saturated carbocycles. The van der Waals surface area contributed by atoms with Gasteiger partial charge in [0, 0.05) is 6.42 Å². The number of hydrogen-bond acceptors (Lipinski definition) is 4. The number of hydrogen-bond donors (Lipinski definition) is 2. The van der Waals surface area contributed by atoms with Crippen LogP contribution >= 0.6 is 11.3 Å². The number of para-hydroxylation sites is 1. The Morgan fingerprint density at radius 1 is 1.27 bits per heavy atom. The third kappa shape index (κ3) is 3.47. The molecule has 5 heteroatoms. The first-order chi connectivity index (χ1) is 10.7. The minimum absolute atomic E-state index is 0.0237. The molecule has 1 aromatic carbocycles. The first-order valence-electron chi connectivity index (χ1n) is 8.02. The molecule has 1 aliphatic carbocycles. The van der Waals surface area contributed by atoms with Crippen LogP contribution in [0.1, 0.15) is 43.5 Å². The van der Waals surface area contributed by atoms with Crippen LogP contribution in [0.3, 0.4) is 0 Å². The number of carbonyl (C=O) groups is 1. The van der Waals surface area contributed by atoms with Gasteiger partial charge in [-0.3, -0.25) is 4.79 Å². The van der Waals surface area contributed by atoms with Gasteiger partial charge in [0.15, 0.2) is 0 Å². The number of fused-ring (bicyclic) bond motifs is 1. The number of nitrogens with zero attached hydrogens (tertiary/aromatic N) is 1. The number of thiazole rings is 1. The molecule has 0 atom stereocenters. The van der Waals surface area contributed by atoms with E-state index in [4.69, 9.17) is 5.73 Å². The molecule has 22 heavy (non-hydrogen) atoms. The highest BCUT2D eigenvalue weighted by atomic mass is 32.1. The number of rotatable bonds is 5. The second kappa shape index (κ2) is 6.75. The van der Waals surface area contributed by atoms with E-state index in [1.165, 1.54) is 19.3 Å². The van der Waals surface area contributed by atoms with Gasteiger partial charge < -0.3 is 11.1 Å². The summed E-state index contributed by atoms with van der Waals surface area (Å²) in [6.07, 6.45) is 6.38. The third-order valence-corrected chi connectivity index (χ3v) is 5.69. The Kier molecular flexibility index (Phi) is 4.74. The van der Waals surface area contributed by atoms with Gasteiger partial charge in [0.1, 0.15) is 5.01 Å². The average Bonchev–Trinajstić information content (AvgIpc) is 2.97. The molecule has 1 heterocycles. The predicted molar refractivity (Wildman–Crippen MR) is 90.7 cm³/mol. The highest BCUT2D eigenvalue weighted by molar-refractivity contribution is 7.18. The molecule has 1 fully saturated rings. The van der Waals surface area contributed by atoms with Gasteiger partial charge in [0.05, 0.1) is 16.8 Å². The maximum atomic E-state index is 12.3. The monoisotopic (exact) mass is 317 g/mol. The first-order valence-corrected chi connectivity index (χ1v) is 8.84. The van der Waals surface area contributed by atoms with Gasteiger partial charge in [-0.1, -0.05) is 31.4 Å². The van der Waals surface area contributed by atoms with E-state index in [9.17, 15) is 4.79 Å². The van der Waals surface area contributed by atoms with Crippen LogP contribution < -0.4 is 11.1 Å². The van der Waals surface area contributed by atoms with Crippen molar-refractivity contribution in [2.75, 3.05) is 6.54 Å². The van der Waals surface area contributed by atoms with Gasteiger partial charge in [0.2, 0.25) is 5.91 Å². The van der Waals surface area contributed by atoms with E-state index in [2.05, 4.69) is 16.4 Å². The van der Waals surface area contributed by atoms with E-state index in [1.807, 2.05) is 18.2 Å². The zero-order valence-corrected chi connectivity index (χ0v) is 13.6. The first kappa shape index (κ1) is 15.4. The Morgan fingerprint density at radius 2 is 2.05 bits per heavy atom. The summed E-state index contributed by atoms with van der Waals surface area (Å²) in [5.41, 5.74) is 6.98. The van der Waals surface area contributed by atoms with E-state index < -0.39 is 0 Å². The topological polar surface area (TPSA) is 68.0 Å². The number of nitrogens with two attached hydrogens (primary N) is 1. The molecule has 1 aromatic heterocycles. The number of aromatic nitrogens is 1. The molecule has 3 N–H and O–H groups in total. The minimum Gasteiger partial charge on any atom is -0.350 e. The van der Waals surface area contributed by atoms with Crippen LogP contribution in [0.2, 0.25) is 0 Å². The highest BCUT2D eigenvalue weighted by Gasteiger charge is 2.32. The van der Waals surface area contributed by atoms with Crippen LogP contribution in [-0.4, -0.2) is 17.4 Å². The molecule has 4 nitrogen and oxygen atoms in total. The average molecular weight is 317 g/mol. The predicted octanol–water partition coefficient (Wildman–Crippen LogP) is 3.21. The molecule has 0 saturated heterocycles. The number of carbonyl (C=O) groups excluding carboxylic acids is 1. The van der Waals surface area contributed by atoms with Crippen molar-refractivity contribution >= 4 is 27.5 Å². The van der Waals surface area contributed by atoms with Crippen molar-refractivity contribution in [3.63, 3.8) is 0 Å². The zero-order valence-electron chi connectivity index (χ0n) is 12.8. The van der Waals surface area contributed by atoms with Crippen molar-refractivity contribution < 1.29 is 4.79 Å². The van der Waals surface area contributed by atoms with Crippen LogP contribution in [0.4, 0.5) is 0 Å². The Labute approximate surface area is 135 Å². The standard InChI is InChI=1S/C17H23N3OS/c18-12-17(8-4-1-5-9-17)10-15(21)19-11-16-20-13-6-2-3-7-14(13)22-16/h2-3,6-7H,1,4-5,8-12,18H2,(H,19,21). The third-order valence-electron chi connectivity index (χ3n) is 4.66. The van der Waals surface area contributed by atoms with Crippen LogP contribution in [-0.2, 0) is 11.3 Å². The van der Waals surface area contributed by atoms with E-state index in [1.54, 1.807) is 11.3 Å². The molecule has 0 unspecified atom stereocenters. The maximum absolute atomic E-state index is 12.3. The highest BCUT2D eigenvalue weighted by Crippen LogP contribution is 2.38. The lowest BCUT2D eigenvalue weighted by Gasteiger charge is -2.35. The lowest BCUT2D eigenvalue weighted by Crippen LogP contribution is -2.38. The van der Waals surface area contributed by atoms with Crippen molar-refractivity contribution in [3.05, 3.63) is 29.3 Å². The minimum atomic E-state index is 0.0237. The van der Waals surface area contributed by atoms with Crippen LogP contribution in [0.5, 0.6) is 0 Å². The van der Waals surface area contributed by atoms with Gasteiger partial charge in [-0.25, -0.2) is 4.98 Å². The van der Waals surface area contributed by atoms with Crippen molar-refractivity contribution in [2.24, 2.45) is 11.1 Å². The van der Waals surface area contributed by atoms with Crippen LogP contribution in [0.25, 0.3) is 10.2 Å². The SMILES string of the molecule is NCC1(CC(=O)NCc2nc3ccccc3s2)CCCCC1. The van der Waals surface area contributed by atoms with E-state index in [-0.39, 0.29) is 11.3 Å². The summed E-state index contributed by atoms with van der Waals surface area (Å²) in [6.45, 7) is 1.13. The lowest BCUT2D eigenvalue weighted by atomic mass is 9.72. The Bertz CT molecular complexity index is 613. The Balaban J connectivity index is 1.57. The molecule has 1 aliphatic rings. The second-order valence-corrected chi connectivity index (χ2v) is 7.41. The van der Waals surface area contributed by atoms with E-state index in [0.29, 0.717) is 19.5 Å². The summed E-state index contributed by atoms with van der Waals surface area (Å²) in [7, 11) is 0. The molecule has 0 radical (unpaired) electrons. The molecule has 0 bridgehead atoms. The zero-order chi connectivity index (χ0) is 15.4. The molecule has 2 aromatic rings. The fourth-order valence-corrected chi connectivity index (χ4v) is 4.23. The lowest BCUT2D eigenvalue weighted by molar-refractivity contribution is -0.124. The summed E-state index contributed by atoms with van der Waals surface area (Å²) in [5.74, 6) is 0.103. The molecule has 1 amide bonds. The van der Waals surface area contributed by atoms with Gasteiger partial charge in [-0.2, -0.15) is 0 Å². The van der Waals surface area contributed by atoms with Crippen molar-refractivity contribution in [1.82, 2.24) is 10.3 Å². The normalized spacial score (nSPS) is 17.5. The molecule has 0 aliphatic heterocycles. The smallest absolute Gasteiger partial charge is 0.220 e. The fourth-order valence-electron chi connectivity index (χ4n) is 3.33. The number of nitrogens with one attached hydrogen (secondary N) is 1. The maximum Gasteiger partial charge on any atom is 0.220 e. The van der Waals surface area contributed by atoms with Gasteiger partial charge in [-0.15, -0.1) is 11.3 Å². The molecular formula is C17H23N3OS. The van der Waals surface area contributed by atoms with E-state index in [0.717, 1.165) is 28.1 Å². The molecular weight excluding hydrogens is 294 g/mol. The second-order valence-electron chi connectivity index (χ2n) is 6.29. The van der Waals surface area contributed by atoms with Gasteiger partial charge in [0.25, 0.3) is 0 Å². The quantitative estimate of drug-likeness (QED) is 0.889.